The van der Waals surface area contributed by atoms with Crippen LogP contribution in [0.25, 0.3) is 11.4 Å². The zero-order valence-corrected chi connectivity index (χ0v) is 25.3. The maximum absolute atomic E-state index is 13.8. The van der Waals surface area contributed by atoms with Crippen LogP contribution < -0.4 is 34.7 Å². The molecule has 1 aliphatic heterocycles. The quantitative estimate of drug-likeness (QED) is 0.322. The molecule has 1 aromatic heterocycles. The fraction of sp³-hybridized carbons (Fsp3) is 0.433. The summed E-state index contributed by atoms with van der Waals surface area (Å²) in [6, 6.07) is 16.0. The van der Waals surface area contributed by atoms with E-state index < -0.39 is 30.4 Å². The van der Waals surface area contributed by atoms with E-state index in [4.69, 9.17) is 4.98 Å². The van der Waals surface area contributed by atoms with Crippen molar-refractivity contribution in [1.29, 1.82) is 0 Å². The predicted molar refractivity (Wildman–Crippen MR) is 142 cm³/mol. The molecule has 0 saturated carbocycles. The number of carboxylic acids is 1. The molecule has 0 spiro atoms. The largest absolute Gasteiger partial charge is 1.00 e. The van der Waals surface area contributed by atoms with Gasteiger partial charge in [0, 0.05) is 43.5 Å². The minimum absolute atomic E-state index is 0. The van der Waals surface area contributed by atoms with Crippen molar-refractivity contribution >= 4 is 11.9 Å². The molecule has 1 aliphatic rings. The number of carbonyl (C=O) groups is 2. The molecule has 0 radical (unpaired) electrons. The zero-order chi connectivity index (χ0) is 28.1. The number of nitrogens with zero attached hydrogens (tertiary/aromatic N) is 3. The summed E-state index contributed by atoms with van der Waals surface area (Å²) >= 11 is 0. The second-order valence-corrected chi connectivity index (χ2v) is 10.5. The van der Waals surface area contributed by atoms with E-state index in [0.717, 1.165) is 6.42 Å². The summed E-state index contributed by atoms with van der Waals surface area (Å²) in [5.41, 5.74) is 2.88. The van der Waals surface area contributed by atoms with Crippen LogP contribution in [-0.4, -0.2) is 61.8 Å². The Hall–Kier alpha value is -2.56. The molecule has 40 heavy (non-hydrogen) atoms. The van der Waals surface area contributed by atoms with Gasteiger partial charge in [-0.1, -0.05) is 44.2 Å². The van der Waals surface area contributed by atoms with Gasteiger partial charge in [-0.3, -0.25) is 4.79 Å². The molecule has 4 rings (SSSR count). The summed E-state index contributed by atoms with van der Waals surface area (Å²) in [4.78, 5) is 31.2. The van der Waals surface area contributed by atoms with E-state index >= 15 is 0 Å². The summed E-state index contributed by atoms with van der Waals surface area (Å²) in [6.45, 7) is 5.41. The number of likely N-dealkylation sites (tertiary alicyclic amines) is 1. The molecule has 2 aromatic carbocycles. The number of imidazole rings is 1. The van der Waals surface area contributed by atoms with Crippen LogP contribution >= 0.6 is 0 Å². The maximum atomic E-state index is 13.8. The van der Waals surface area contributed by atoms with Gasteiger partial charge >= 0.3 is 29.6 Å². The van der Waals surface area contributed by atoms with Gasteiger partial charge in [-0.15, -0.1) is 0 Å². The number of hydrogen-bond donors (Lipinski definition) is 2. The minimum atomic E-state index is -1.38. The number of aliphatic hydroxyl groups excluding tert-OH is 2. The third-order valence-electron chi connectivity index (χ3n) is 7.24. The minimum Gasteiger partial charge on any atom is -0.550 e. The Morgan fingerprint density at radius 2 is 1.75 bits per heavy atom. The van der Waals surface area contributed by atoms with E-state index in [0.29, 0.717) is 35.9 Å². The number of hydrogen-bond acceptors (Lipinski definition) is 6. The van der Waals surface area contributed by atoms with Gasteiger partial charge in [0.25, 0.3) is 5.91 Å². The summed E-state index contributed by atoms with van der Waals surface area (Å²) in [6.07, 6.45) is -1.82. The van der Waals surface area contributed by atoms with Crippen molar-refractivity contribution < 1.29 is 58.9 Å². The zero-order valence-electron chi connectivity index (χ0n) is 23.3. The van der Waals surface area contributed by atoms with Crippen molar-refractivity contribution in [2.24, 2.45) is 0 Å². The fourth-order valence-corrected chi connectivity index (χ4v) is 5.33. The Labute approximate surface area is 256 Å². The van der Waals surface area contributed by atoms with Gasteiger partial charge in [0.2, 0.25) is 0 Å². The van der Waals surface area contributed by atoms with Gasteiger partial charge < -0.3 is 29.6 Å². The smallest absolute Gasteiger partial charge is 0.550 e. The molecule has 1 amide bonds. The fourth-order valence-electron chi connectivity index (χ4n) is 5.33. The molecule has 0 bridgehead atoms. The number of amides is 1. The van der Waals surface area contributed by atoms with Gasteiger partial charge in [0.1, 0.15) is 11.6 Å². The Bertz CT molecular complexity index is 1280. The number of carbonyl (C=O) groups excluding carboxylic acids is 2. The van der Waals surface area contributed by atoms with Gasteiger partial charge in [-0.05, 0) is 55.0 Å². The van der Waals surface area contributed by atoms with Crippen LogP contribution in [0.3, 0.4) is 0 Å². The first-order chi connectivity index (χ1) is 18.6. The number of carboxylic acid groups (broad SMARTS) is 1. The van der Waals surface area contributed by atoms with E-state index in [9.17, 15) is 29.3 Å². The number of aromatic nitrogens is 2. The summed E-state index contributed by atoms with van der Waals surface area (Å²) < 4.78 is 15.6. The molecular weight excluding hydrogens is 524 g/mol. The van der Waals surface area contributed by atoms with E-state index in [1.807, 2.05) is 41.5 Å². The molecule has 1 saturated heterocycles. The molecule has 3 aromatic rings. The Kier molecular flexibility index (Phi) is 11.5. The molecule has 1 unspecified atom stereocenters. The summed E-state index contributed by atoms with van der Waals surface area (Å²) in [5.74, 6) is -1.28. The normalized spacial score (nSPS) is 16.6. The van der Waals surface area contributed by atoms with Crippen LogP contribution in [0.1, 0.15) is 73.1 Å². The van der Waals surface area contributed by atoms with Crippen molar-refractivity contribution in [3.8, 4) is 11.4 Å². The standard InChI is InChI=1S/C30H36FN3O5.Na/c1-19(2)28-27(30(39)33-14-12-22(18-33)20-6-4-3-5-7-20)32-29(21-8-10-23(31)11-9-21)34(28)15-13-24(35)16-25(36)17-26(37)38;/h3-11,19,22,24-25,35-36H,12-18H2,1-2H3,(H,37,38);/q;+1/p-1/t22?,24-,25-;/m1./s1. The molecule has 8 nitrogen and oxygen atoms in total. The third kappa shape index (κ3) is 7.79. The SMILES string of the molecule is CC(C)c1c(C(=O)N2CCC(c3ccccc3)C2)nc(-c2ccc(F)cc2)n1CC[C@@H](O)C[C@@H](O)CC(=O)[O-].[Na+]. The van der Waals surface area contributed by atoms with Crippen LogP contribution in [0.5, 0.6) is 0 Å². The van der Waals surface area contributed by atoms with Crippen molar-refractivity contribution in [2.75, 3.05) is 13.1 Å². The van der Waals surface area contributed by atoms with Crippen LogP contribution in [0, 0.1) is 5.82 Å². The summed E-state index contributed by atoms with van der Waals surface area (Å²) in [5, 5.41) is 31.2. The number of aliphatic hydroxyl groups is 2. The molecule has 1 fully saturated rings. The second-order valence-electron chi connectivity index (χ2n) is 10.5. The van der Waals surface area contributed by atoms with Gasteiger partial charge in [0.05, 0.1) is 17.9 Å². The van der Waals surface area contributed by atoms with E-state index in [-0.39, 0.29) is 66.7 Å². The molecule has 2 N–H and O–H groups in total. The van der Waals surface area contributed by atoms with E-state index in [2.05, 4.69) is 12.1 Å². The molecular formula is C30H35FN3NaO5. The molecule has 3 atom stereocenters. The first-order valence-electron chi connectivity index (χ1n) is 13.4. The van der Waals surface area contributed by atoms with Crippen molar-refractivity contribution in [3.05, 3.63) is 77.4 Å². The van der Waals surface area contributed by atoms with Crippen molar-refractivity contribution in [3.63, 3.8) is 0 Å². The first-order valence-corrected chi connectivity index (χ1v) is 13.4. The first kappa shape index (κ1) is 32.0. The van der Waals surface area contributed by atoms with Crippen molar-refractivity contribution in [1.82, 2.24) is 14.5 Å². The Balaban J connectivity index is 0.00000441. The topological polar surface area (TPSA) is 119 Å². The van der Waals surface area contributed by atoms with Gasteiger partial charge in [-0.2, -0.15) is 0 Å². The predicted octanol–water partition coefficient (Wildman–Crippen LogP) is 0.0883. The molecule has 0 aliphatic carbocycles. The average Bonchev–Trinajstić information content (AvgIpc) is 3.53. The van der Waals surface area contributed by atoms with Crippen LogP contribution in [0.2, 0.25) is 0 Å². The van der Waals surface area contributed by atoms with Crippen LogP contribution in [-0.2, 0) is 11.3 Å². The van der Waals surface area contributed by atoms with Gasteiger partial charge in [-0.25, -0.2) is 9.37 Å². The van der Waals surface area contributed by atoms with Crippen LogP contribution in [0.4, 0.5) is 4.39 Å². The number of aliphatic carboxylic acids is 1. The number of rotatable bonds is 11. The second kappa shape index (κ2) is 14.4. The van der Waals surface area contributed by atoms with Crippen LogP contribution in [0.15, 0.2) is 54.6 Å². The Morgan fingerprint density at radius 1 is 1.07 bits per heavy atom. The summed E-state index contributed by atoms with van der Waals surface area (Å²) in [7, 11) is 0. The maximum Gasteiger partial charge on any atom is 1.00 e. The Morgan fingerprint density at radius 3 is 2.38 bits per heavy atom. The third-order valence-corrected chi connectivity index (χ3v) is 7.24. The van der Waals surface area contributed by atoms with Gasteiger partial charge in [0.15, 0.2) is 5.69 Å². The average molecular weight is 560 g/mol. The molecule has 208 valence electrons. The number of halogens is 1. The number of benzene rings is 2. The molecule has 2 heterocycles. The van der Waals surface area contributed by atoms with E-state index in [1.165, 1.54) is 17.7 Å². The molecule has 10 heteroatoms. The van der Waals surface area contributed by atoms with E-state index in [1.54, 1.807) is 12.1 Å². The van der Waals surface area contributed by atoms with Crippen molar-refractivity contribution in [2.45, 2.75) is 70.1 Å². The monoisotopic (exact) mass is 559 g/mol.